The molecule has 2 aromatic rings. The third kappa shape index (κ3) is 2.65. The van der Waals surface area contributed by atoms with Crippen LogP contribution >= 0.6 is 11.3 Å². The molecule has 20 heavy (non-hydrogen) atoms. The predicted octanol–water partition coefficient (Wildman–Crippen LogP) is 4.49. The number of benzene rings is 1. The molecule has 0 radical (unpaired) electrons. The first-order valence-corrected chi connectivity index (χ1v) is 8.43. The molecule has 1 aliphatic rings. The summed E-state index contributed by atoms with van der Waals surface area (Å²) in [5.41, 5.74) is 10.0. The fourth-order valence-corrected chi connectivity index (χ4v) is 3.94. The van der Waals surface area contributed by atoms with Gasteiger partial charge in [-0.05, 0) is 24.8 Å². The second-order valence-electron chi connectivity index (χ2n) is 5.81. The summed E-state index contributed by atoms with van der Waals surface area (Å²) in [5.74, 6) is 0. The molecule has 1 aliphatic carbocycles. The SMILES string of the molecule is CCc1ccc(-c2csc(C3(N)CCCCC3)n2)cc1. The lowest BCUT2D eigenvalue weighted by Gasteiger charge is -2.31. The van der Waals surface area contributed by atoms with E-state index in [4.69, 9.17) is 10.7 Å². The van der Waals surface area contributed by atoms with Crippen LogP contribution < -0.4 is 5.73 Å². The molecule has 0 atom stereocenters. The van der Waals surface area contributed by atoms with Crippen LogP contribution in [-0.4, -0.2) is 4.98 Å². The number of hydrogen-bond acceptors (Lipinski definition) is 3. The first kappa shape index (κ1) is 13.8. The summed E-state index contributed by atoms with van der Waals surface area (Å²) in [6.45, 7) is 2.18. The van der Waals surface area contributed by atoms with Crippen LogP contribution in [0.5, 0.6) is 0 Å². The minimum absolute atomic E-state index is 0.176. The van der Waals surface area contributed by atoms with Gasteiger partial charge in [0.1, 0.15) is 5.01 Å². The zero-order valence-corrected chi connectivity index (χ0v) is 12.9. The Morgan fingerprint density at radius 1 is 1.15 bits per heavy atom. The van der Waals surface area contributed by atoms with Gasteiger partial charge >= 0.3 is 0 Å². The van der Waals surface area contributed by atoms with E-state index in [1.165, 1.54) is 30.4 Å². The van der Waals surface area contributed by atoms with E-state index in [2.05, 4.69) is 36.6 Å². The molecule has 0 saturated heterocycles. The minimum atomic E-state index is -0.176. The Morgan fingerprint density at radius 3 is 2.50 bits per heavy atom. The average molecular weight is 286 g/mol. The maximum atomic E-state index is 6.57. The molecule has 0 amide bonds. The highest BCUT2D eigenvalue weighted by atomic mass is 32.1. The molecular weight excluding hydrogens is 264 g/mol. The van der Waals surface area contributed by atoms with Gasteiger partial charge in [-0.3, -0.25) is 0 Å². The largest absolute Gasteiger partial charge is 0.319 e. The van der Waals surface area contributed by atoms with Crippen molar-refractivity contribution in [2.75, 3.05) is 0 Å². The standard InChI is InChI=1S/C17H22N2S/c1-2-13-6-8-14(9-7-13)15-12-20-16(19-15)17(18)10-4-3-5-11-17/h6-9,12H,2-5,10-11,18H2,1H3. The van der Waals surface area contributed by atoms with E-state index in [1.54, 1.807) is 11.3 Å². The summed E-state index contributed by atoms with van der Waals surface area (Å²) in [6.07, 6.45) is 7.01. The summed E-state index contributed by atoms with van der Waals surface area (Å²) in [4.78, 5) is 4.82. The lowest BCUT2D eigenvalue weighted by molar-refractivity contribution is 0.301. The van der Waals surface area contributed by atoms with Gasteiger partial charge in [-0.25, -0.2) is 4.98 Å². The first-order valence-electron chi connectivity index (χ1n) is 7.55. The van der Waals surface area contributed by atoms with Crippen LogP contribution in [0.1, 0.15) is 49.6 Å². The van der Waals surface area contributed by atoms with Crippen molar-refractivity contribution in [3.63, 3.8) is 0 Å². The molecule has 106 valence electrons. The van der Waals surface area contributed by atoms with E-state index in [-0.39, 0.29) is 5.54 Å². The van der Waals surface area contributed by atoms with Crippen molar-refractivity contribution >= 4 is 11.3 Å². The number of hydrogen-bond donors (Lipinski definition) is 1. The van der Waals surface area contributed by atoms with Crippen molar-refractivity contribution in [2.24, 2.45) is 5.73 Å². The number of nitrogens with two attached hydrogens (primary N) is 1. The van der Waals surface area contributed by atoms with Crippen molar-refractivity contribution in [1.82, 2.24) is 4.98 Å². The van der Waals surface area contributed by atoms with Crippen LogP contribution in [0.15, 0.2) is 29.6 Å². The third-order valence-electron chi connectivity index (χ3n) is 4.33. The summed E-state index contributed by atoms with van der Waals surface area (Å²) in [5, 5.41) is 3.27. The van der Waals surface area contributed by atoms with E-state index in [1.807, 2.05) is 0 Å². The molecule has 3 heteroatoms. The first-order chi connectivity index (χ1) is 9.71. The second-order valence-corrected chi connectivity index (χ2v) is 6.66. The van der Waals surface area contributed by atoms with Crippen molar-refractivity contribution in [3.8, 4) is 11.3 Å². The van der Waals surface area contributed by atoms with Crippen molar-refractivity contribution < 1.29 is 0 Å². The van der Waals surface area contributed by atoms with E-state index < -0.39 is 0 Å². The molecule has 0 unspecified atom stereocenters. The van der Waals surface area contributed by atoms with E-state index in [0.29, 0.717) is 0 Å². The number of aromatic nitrogens is 1. The van der Waals surface area contributed by atoms with Crippen LogP contribution in [0.2, 0.25) is 0 Å². The van der Waals surface area contributed by atoms with Gasteiger partial charge in [-0.2, -0.15) is 0 Å². The molecule has 1 fully saturated rings. The van der Waals surface area contributed by atoms with Crippen molar-refractivity contribution in [2.45, 2.75) is 51.0 Å². The highest BCUT2D eigenvalue weighted by Gasteiger charge is 2.32. The van der Waals surface area contributed by atoms with Crippen LogP contribution in [0.3, 0.4) is 0 Å². The minimum Gasteiger partial charge on any atom is -0.319 e. The Bertz CT molecular complexity index is 565. The third-order valence-corrected chi connectivity index (χ3v) is 5.40. The Morgan fingerprint density at radius 2 is 1.85 bits per heavy atom. The van der Waals surface area contributed by atoms with Crippen LogP contribution in [0, 0.1) is 0 Å². The Hall–Kier alpha value is -1.19. The highest BCUT2D eigenvalue weighted by molar-refractivity contribution is 7.10. The zero-order chi connectivity index (χ0) is 14.0. The number of rotatable bonds is 3. The van der Waals surface area contributed by atoms with Crippen LogP contribution in [0.25, 0.3) is 11.3 Å². The molecule has 1 heterocycles. The molecule has 2 nitrogen and oxygen atoms in total. The molecular formula is C17H22N2S. The zero-order valence-electron chi connectivity index (χ0n) is 12.1. The van der Waals surface area contributed by atoms with Crippen molar-refractivity contribution in [3.05, 3.63) is 40.2 Å². The molecule has 1 aromatic carbocycles. The highest BCUT2D eigenvalue weighted by Crippen LogP contribution is 2.37. The molecule has 0 spiro atoms. The smallest absolute Gasteiger partial charge is 0.113 e. The Kier molecular flexibility index (Phi) is 3.90. The quantitative estimate of drug-likeness (QED) is 0.903. The van der Waals surface area contributed by atoms with Gasteiger partial charge in [0.05, 0.1) is 11.2 Å². The summed E-state index contributed by atoms with van der Waals surface area (Å²) < 4.78 is 0. The van der Waals surface area contributed by atoms with Crippen molar-refractivity contribution in [1.29, 1.82) is 0 Å². The number of nitrogens with zero attached hydrogens (tertiary/aromatic N) is 1. The van der Waals surface area contributed by atoms with Gasteiger partial charge in [-0.1, -0.05) is 50.5 Å². The topological polar surface area (TPSA) is 38.9 Å². The Balaban J connectivity index is 1.85. The predicted molar refractivity (Wildman–Crippen MR) is 85.9 cm³/mol. The molecule has 2 N–H and O–H groups in total. The van der Waals surface area contributed by atoms with Gasteiger partial charge in [0, 0.05) is 10.9 Å². The van der Waals surface area contributed by atoms with Gasteiger partial charge in [0.25, 0.3) is 0 Å². The normalized spacial score (nSPS) is 18.1. The molecule has 1 aromatic heterocycles. The maximum Gasteiger partial charge on any atom is 0.113 e. The lowest BCUT2D eigenvalue weighted by Crippen LogP contribution is -2.38. The van der Waals surface area contributed by atoms with E-state index in [0.717, 1.165) is 30.0 Å². The molecule has 3 rings (SSSR count). The number of aryl methyl sites for hydroxylation is 1. The maximum absolute atomic E-state index is 6.57. The Labute approximate surface area is 125 Å². The molecule has 0 aliphatic heterocycles. The van der Waals surface area contributed by atoms with Gasteiger partial charge in [0.2, 0.25) is 0 Å². The lowest BCUT2D eigenvalue weighted by atomic mass is 9.83. The molecule has 0 bridgehead atoms. The van der Waals surface area contributed by atoms with Crippen LogP contribution in [0.4, 0.5) is 0 Å². The van der Waals surface area contributed by atoms with Gasteiger partial charge < -0.3 is 5.73 Å². The number of thiazole rings is 1. The summed E-state index contributed by atoms with van der Waals surface area (Å²) in [6, 6.07) is 8.71. The summed E-state index contributed by atoms with van der Waals surface area (Å²) in [7, 11) is 0. The van der Waals surface area contributed by atoms with E-state index >= 15 is 0 Å². The second kappa shape index (κ2) is 5.66. The van der Waals surface area contributed by atoms with Gasteiger partial charge in [0.15, 0.2) is 0 Å². The molecule has 1 saturated carbocycles. The summed E-state index contributed by atoms with van der Waals surface area (Å²) >= 11 is 1.72. The monoisotopic (exact) mass is 286 g/mol. The van der Waals surface area contributed by atoms with Gasteiger partial charge in [-0.15, -0.1) is 11.3 Å². The fraction of sp³-hybridized carbons (Fsp3) is 0.471. The average Bonchev–Trinajstić information content (AvgIpc) is 2.99. The fourth-order valence-electron chi connectivity index (χ4n) is 2.94. The van der Waals surface area contributed by atoms with Crippen LogP contribution in [-0.2, 0) is 12.0 Å². The van der Waals surface area contributed by atoms with E-state index in [9.17, 15) is 0 Å².